The molecular weight excluding hydrogens is 224 g/mol. The molecule has 0 atom stereocenters. The third kappa shape index (κ3) is 1.84. The third-order valence-electron chi connectivity index (χ3n) is 2.68. The molecule has 0 bridgehead atoms. The number of fused-ring (bicyclic) bond motifs is 1. The molecular formula is C14H12N4. The van der Waals surface area contributed by atoms with Crippen LogP contribution >= 0.6 is 0 Å². The smallest absolute Gasteiger partial charge is 0.222 e. The van der Waals surface area contributed by atoms with Crippen LogP contribution in [-0.2, 0) is 0 Å². The first kappa shape index (κ1) is 10.5. The first-order valence-corrected chi connectivity index (χ1v) is 5.67. The van der Waals surface area contributed by atoms with Crippen molar-refractivity contribution in [2.75, 3.05) is 5.73 Å². The molecule has 0 aliphatic heterocycles. The zero-order valence-corrected chi connectivity index (χ0v) is 9.69. The molecule has 2 N–H and O–H groups in total. The molecule has 1 heterocycles. The second-order valence-corrected chi connectivity index (χ2v) is 3.93. The van der Waals surface area contributed by atoms with Crippen LogP contribution in [0.2, 0.25) is 0 Å². The van der Waals surface area contributed by atoms with Gasteiger partial charge in [-0.25, -0.2) is 4.98 Å². The predicted molar refractivity (Wildman–Crippen MR) is 73.6 cm³/mol. The van der Waals surface area contributed by atoms with Gasteiger partial charge in [-0.15, -0.1) is 0 Å². The van der Waals surface area contributed by atoms with Crippen molar-refractivity contribution in [3.8, 4) is 0 Å². The Hall–Kier alpha value is -2.62. The lowest BCUT2D eigenvalue weighted by molar-refractivity contribution is 0.931. The van der Waals surface area contributed by atoms with Crippen LogP contribution in [0.15, 0.2) is 59.7 Å². The highest BCUT2D eigenvalue weighted by atomic mass is 15.4. The van der Waals surface area contributed by atoms with Crippen molar-refractivity contribution in [2.24, 2.45) is 5.10 Å². The van der Waals surface area contributed by atoms with E-state index in [2.05, 4.69) is 10.1 Å². The molecule has 3 rings (SSSR count). The maximum atomic E-state index is 5.86. The van der Waals surface area contributed by atoms with E-state index < -0.39 is 0 Å². The molecule has 0 spiro atoms. The van der Waals surface area contributed by atoms with E-state index in [9.17, 15) is 0 Å². The Bertz CT molecular complexity index is 698. The van der Waals surface area contributed by atoms with Crippen LogP contribution in [0.1, 0.15) is 5.56 Å². The zero-order valence-electron chi connectivity index (χ0n) is 9.69. The molecule has 4 heteroatoms. The fourth-order valence-electron chi connectivity index (χ4n) is 1.82. The monoisotopic (exact) mass is 236 g/mol. The predicted octanol–water partition coefficient (Wildman–Crippen LogP) is 2.50. The Labute approximate surface area is 104 Å². The third-order valence-corrected chi connectivity index (χ3v) is 2.68. The van der Waals surface area contributed by atoms with Crippen LogP contribution < -0.4 is 5.73 Å². The number of rotatable bonds is 2. The first-order chi connectivity index (χ1) is 8.84. The Kier molecular flexibility index (Phi) is 2.53. The number of benzene rings is 2. The van der Waals surface area contributed by atoms with E-state index in [-0.39, 0.29) is 0 Å². The highest BCUT2D eigenvalue weighted by molar-refractivity contribution is 5.82. The normalized spacial score (nSPS) is 11.3. The molecule has 0 fully saturated rings. The number of imidazole rings is 1. The van der Waals surface area contributed by atoms with E-state index >= 15 is 0 Å². The average Bonchev–Trinajstić information content (AvgIpc) is 2.73. The molecule has 0 aliphatic rings. The van der Waals surface area contributed by atoms with Crippen molar-refractivity contribution in [3.05, 3.63) is 60.2 Å². The Morgan fingerprint density at radius 1 is 1.00 bits per heavy atom. The standard InChI is InChI=1S/C14H12N4/c15-14-17-12-8-4-5-9-13(12)18(14)16-10-11-6-2-1-3-7-11/h1-10H,(H2,15,17)/b16-10+. The number of aromatic nitrogens is 2. The molecule has 88 valence electrons. The van der Waals surface area contributed by atoms with E-state index in [1.54, 1.807) is 10.9 Å². The van der Waals surface area contributed by atoms with Crippen LogP contribution in [0.3, 0.4) is 0 Å². The van der Waals surface area contributed by atoms with E-state index in [0.717, 1.165) is 16.6 Å². The van der Waals surface area contributed by atoms with Crippen molar-refractivity contribution in [1.29, 1.82) is 0 Å². The number of nitrogens with two attached hydrogens (primary N) is 1. The summed E-state index contributed by atoms with van der Waals surface area (Å²) >= 11 is 0. The van der Waals surface area contributed by atoms with Gasteiger partial charge in [0.1, 0.15) is 0 Å². The molecule has 0 radical (unpaired) electrons. The summed E-state index contributed by atoms with van der Waals surface area (Å²) in [6.07, 6.45) is 1.77. The summed E-state index contributed by atoms with van der Waals surface area (Å²) in [4.78, 5) is 4.25. The highest BCUT2D eigenvalue weighted by Gasteiger charge is 2.05. The Morgan fingerprint density at radius 2 is 1.72 bits per heavy atom. The molecule has 0 saturated heterocycles. The van der Waals surface area contributed by atoms with Gasteiger partial charge in [0.25, 0.3) is 0 Å². The summed E-state index contributed by atoms with van der Waals surface area (Å²) in [5.74, 6) is 0.392. The van der Waals surface area contributed by atoms with Crippen LogP contribution in [0.5, 0.6) is 0 Å². The number of nitrogens with zero attached hydrogens (tertiary/aromatic N) is 3. The number of para-hydroxylation sites is 2. The summed E-state index contributed by atoms with van der Waals surface area (Å²) < 4.78 is 1.64. The second kappa shape index (κ2) is 4.33. The van der Waals surface area contributed by atoms with Crippen molar-refractivity contribution in [2.45, 2.75) is 0 Å². The quantitative estimate of drug-likeness (QED) is 0.695. The van der Waals surface area contributed by atoms with Gasteiger partial charge in [-0.3, -0.25) is 0 Å². The molecule has 18 heavy (non-hydrogen) atoms. The summed E-state index contributed by atoms with van der Waals surface area (Å²) in [5.41, 5.74) is 8.63. The first-order valence-electron chi connectivity index (χ1n) is 5.67. The van der Waals surface area contributed by atoms with Gasteiger partial charge >= 0.3 is 0 Å². The van der Waals surface area contributed by atoms with Gasteiger partial charge in [0, 0.05) is 0 Å². The molecule has 0 aliphatic carbocycles. The van der Waals surface area contributed by atoms with Crippen LogP contribution in [0, 0.1) is 0 Å². The number of anilines is 1. The Morgan fingerprint density at radius 3 is 2.56 bits per heavy atom. The maximum absolute atomic E-state index is 5.86. The average molecular weight is 236 g/mol. The van der Waals surface area contributed by atoms with Crippen molar-refractivity contribution >= 4 is 23.2 Å². The molecule has 1 aromatic heterocycles. The highest BCUT2D eigenvalue weighted by Crippen LogP contribution is 2.16. The SMILES string of the molecule is Nc1nc2ccccc2n1/N=C/c1ccccc1. The molecule has 2 aromatic carbocycles. The lowest BCUT2D eigenvalue weighted by Crippen LogP contribution is -1.97. The largest absolute Gasteiger partial charge is 0.368 e. The van der Waals surface area contributed by atoms with Crippen molar-refractivity contribution < 1.29 is 0 Å². The minimum Gasteiger partial charge on any atom is -0.368 e. The van der Waals surface area contributed by atoms with Gasteiger partial charge in [0.05, 0.1) is 17.2 Å². The van der Waals surface area contributed by atoms with Crippen LogP contribution in [0.4, 0.5) is 5.95 Å². The van der Waals surface area contributed by atoms with Gasteiger partial charge in [-0.2, -0.15) is 9.78 Å². The number of hydrogen-bond donors (Lipinski definition) is 1. The fourth-order valence-corrected chi connectivity index (χ4v) is 1.82. The number of nitrogen functional groups attached to an aromatic ring is 1. The van der Waals surface area contributed by atoms with E-state index in [1.807, 2.05) is 54.6 Å². The van der Waals surface area contributed by atoms with Gasteiger partial charge in [0.15, 0.2) is 0 Å². The van der Waals surface area contributed by atoms with Gasteiger partial charge in [0.2, 0.25) is 5.95 Å². The van der Waals surface area contributed by atoms with Crippen LogP contribution in [-0.4, -0.2) is 15.9 Å². The molecule has 4 nitrogen and oxygen atoms in total. The lowest BCUT2D eigenvalue weighted by Gasteiger charge is -1.97. The van der Waals surface area contributed by atoms with Crippen LogP contribution in [0.25, 0.3) is 11.0 Å². The lowest BCUT2D eigenvalue weighted by atomic mass is 10.2. The minimum atomic E-state index is 0.392. The van der Waals surface area contributed by atoms with Gasteiger partial charge < -0.3 is 5.73 Å². The van der Waals surface area contributed by atoms with Crippen molar-refractivity contribution in [3.63, 3.8) is 0 Å². The molecule has 0 saturated carbocycles. The van der Waals surface area contributed by atoms with Gasteiger partial charge in [-0.1, -0.05) is 42.5 Å². The molecule has 0 amide bonds. The van der Waals surface area contributed by atoms with E-state index in [4.69, 9.17) is 5.73 Å². The van der Waals surface area contributed by atoms with Gasteiger partial charge in [-0.05, 0) is 17.7 Å². The maximum Gasteiger partial charge on any atom is 0.222 e. The zero-order chi connectivity index (χ0) is 12.4. The van der Waals surface area contributed by atoms with Crippen molar-refractivity contribution in [1.82, 2.24) is 9.66 Å². The number of hydrogen-bond acceptors (Lipinski definition) is 3. The molecule has 0 unspecified atom stereocenters. The molecule has 3 aromatic rings. The summed E-state index contributed by atoms with van der Waals surface area (Å²) in [7, 11) is 0. The topological polar surface area (TPSA) is 56.2 Å². The second-order valence-electron chi connectivity index (χ2n) is 3.93. The summed E-state index contributed by atoms with van der Waals surface area (Å²) in [6, 6.07) is 17.6. The Balaban J connectivity index is 2.05. The van der Waals surface area contributed by atoms with E-state index in [1.165, 1.54) is 0 Å². The summed E-state index contributed by atoms with van der Waals surface area (Å²) in [6.45, 7) is 0. The summed E-state index contributed by atoms with van der Waals surface area (Å²) in [5, 5.41) is 4.37. The fraction of sp³-hybridized carbons (Fsp3) is 0. The minimum absolute atomic E-state index is 0.392. The van der Waals surface area contributed by atoms with E-state index in [0.29, 0.717) is 5.95 Å².